The molecule has 192 valence electrons. The fourth-order valence-corrected chi connectivity index (χ4v) is 4.96. The summed E-state index contributed by atoms with van der Waals surface area (Å²) in [6, 6.07) is 12.0. The summed E-state index contributed by atoms with van der Waals surface area (Å²) in [5.41, 5.74) is 2.04. The van der Waals surface area contributed by atoms with Crippen LogP contribution >= 0.6 is 35.1 Å². The zero-order chi connectivity index (χ0) is 26.1. The van der Waals surface area contributed by atoms with E-state index in [1.807, 2.05) is 30.7 Å². The van der Waals surface area contributed by atoms with Gasteiger partial charge in [-0.05, 0) is 74.2 Å². The summed E-state index contributed by atoms with van der Waals surface area (Å²) in [4.78, 5) is 25.5. The molecule has 0 saturated carbocycles. The van der Waals surface area contributed by atoms with Gasteiger partial charge in [-0.25, -0.2) is 0 Å². The molecule has 0 spiro atoms. The third-order valence-electron chi connectivity index (χ3n) is 5.52. The van der Waals surface area contributed by atoms with Crippen LogP contribution in [0.1, 0.15) is 41.1 Å². The molecule has 2 N–H and O–H groups in total. The van der Waals surface area contributed by atoms with Crippen LogP contribution < -0.4 is 15.4 Å². The van der Waals surface area contributed by atoms with E-state index in [2.05, 4.69) is 20.8 Å². The van der Waals surface area contributed by atoms with Crippen molar-refractivity contribution in [2.45, 2.75) is 38.0 Å². The minimum Gasteiger partial charge on any atom is -0.497 e. The first-order chi connectivity index (χ1) is 17.4. The van der Waals surface area contributed by atoms with Gasteiger partial charge in [-0.2, -0.15) is 11.8 Å². The summed E-state index contributed by atoms with van der Waals surface area (Å²) in [6.07, 6.45) is 2.72. The number of hydrogen-bond donors (Lipinski definition) is 2. The first kappa shape index (κ1) is 27.9. The standard InChI is InChI=1S/C25H30ClN5O3S2/c1-5-31-23(21(13-14-35-4)28-24(33)17-9-11-18(34-3)12-10-17)29-30-25(31)36-15-22(32)27-20-8-6-7-19(26)16(20)2/h6-12,21H,5,13-15H2,1-4H3,(H,27,32)(H,28,33)/t21-/m0/s1. The van der Waals surface area contributed by atoms with Crippen LogP contribution in [-0.4, -0.2) is 51.5 Å². The van der Waals surface area contributed by atoms with E-state index in [1.165, 1.54) is 11.8 Å². The average Bonchev–Trinajstić information content (AvgIpc) is 3.30. The molecule has 0 radical (unpaired) electrons. The van der Waals surface area contributed by atoms with Gasteiger partial charge in [0.25, 0.3) is 5.91 Å². The Morgan fingerprint density at radius 1 is 1.17 bits per heavy atom. The number of nitrogens with zero attached hydrogens (tertiary/aromatic N) is 3. The molecule has 1 aromatic heterocycles. The molecular formula is C25H30ClN5O3S2. The Morgan fingerprint density at radius 3 is 2.58 bits per heavy atom. The third-order valence-corrected chi connectivity index (χ3v) is 7.54. The summed E-state index contributed by atoms with van der Waals surface area (Å²) < 4.78 is 7.12. The van der Waals surface area contributed by atoms with E-state index in [9.17, 15) is 9.59 Å². The smallest absolute Gasteiger partial charge is 0.251 e. The molecule has 0 fully saturated rings. The van der Waals surface area contributed by atoms with E-state index in [0.717, 1.165) is 11.3 Å². The normalized spacial score (nSPS) is 11.7. The molecule has 2 amide bonds. The van der Waals surface area contributed by atoms with Crippen LogP contribution in [0.3, 0.4) is 0 Å². The highest BCUT2D eigenvalue weighted by atomic mass is 35.5. The van der Waals surface area contributed by atoms with Gasteiger partial charge >= 0.3 is 0 Å². The number of ether oxygens (including phenoxy) is 1. The van der Waals surface area contributed by atoms with Crippen LogP contribution in [-0.2, 0) is 11.3 Å². The Kier molecular flexibility index (Phi) is 10.5. The fourth-order valence-electron chi connectivity index (χ4n) is 3.51. The van der Waals surface area contributed by atoms with Crippen molar-refractivity contribution < 1.29 is 14.3 Å². The molecule has 8 nitrogen and oxygen atoms in total. The summed E-state index contributed by atoms with van der Waals surface area (Å²) in [6.45, 7) is 4.46. The fraction of sp³-hybridized carbons (Fsp3) is 0.360. The van der Waals surface area contributed by atoms with Crippen molar-refractivity contribution in [1.82, 2.24) is 20.1 Å². The maximum absolute atomic E-state index is 13.0. The van der Waals surface area contributed by atoms with Crippen molar-refractivity contribution in [3.05, 3.63) is 64.4 Å². The number of halogens is 1. The second-order valence-corrected chi connectivity index (χ2v) is 10.2. The summed E-state index contributed by atoms with van der Waals surface area (Å²) in [7, 11) is 1.59. The molecular weight excluding hydrogens is 518 g/mol. The Balaban J connectivity index is 1.72. The Hall–Kier alpha value is -2.69. The topological polar surface area (TPSA) is 98.1 Å². The SMILES string of the molecule is CCn1c(SCC(=O)Nc2cccc(Cl)c2C)nnc1[C@H](CCSC)NC(=O)c1ccc(OC)cc1. The summed E-state index contributed by atoms with van der Waals surface area (Å²) >= 11 is 9.15. The maximum atomic E-state index is 13.0. The van der Waals surface area contributed by atoms with Gasteiger partial charge < -0.3 is 19.9 Å². The van der Waals surface area contributed by atoms with Crippen molar-refractivity contribution in [3.8, 4) is 5.75 Å². The number of amides is 2. The van der Waals surface area contributed by atoms with E-state index < -0.39 is 0 Å². The van der Waals surface area contributed by atoms with Gasteiger partial charge in [0.15, 0.2) is 11.0 Å². The zero-order valence-electron chi connectivity index (χ0n) is 20.7. The molecule has 0 aliphatic heterocycles. The van der Waals surface area contributed by atoms with Crippen LogP contribution in [0.5, 0.6) is 5.75 Å². The lowest BCUT2D eigenvalue weighted by Crippen LogP contribution is -2.31. The number of thioether (sulfide) groups is 2. The quantitative estimate of drug-likeness (QED) is 0.300. The van der Waals surface area contributed by atoms with Gasteiger partial charge in [-0.3, -0.25) is 9.59 Å². The molecule has 0 aliphatic rings. The lowest BCUT2D eigenvalue weighted by Gasteiger charge is -2.19. The van der Waals surface area contributed by atoms with Crippen molar-refractivity contribution in [2.24, 2.45) is 0 Å². The van der Waals surface area contributed by atoms with Gasteiger partial charge in [0.1, 0.15) is 5.75 Å². The number of aromatic nitrogens is 3. The molecule has 1 atom stereocenters. The van der Waals surface area contributed by atoms with Crippen LogP contribution in [0.2, 0.25) is 5.02 Å². The predicted octanol–water partition coefficient (Wildman–Crippen LogP) is 5.22. The number of hydrogen-bond acceptors (Lipinski definition) is 7. The Morgan fingerprint density at radius 2 is 1.92 bits per heavy atom. The second-order valence-electron chi connectivity index (χ2n) is 7.87. The average molecular weight is 548 g/mol. The van der Waals surface area contributed by atoms with Crippen LogP contribution in [0.15, 0.2) is 47.6 Å². The maximum Gasteiger partial charge on any atom is 0.251 e. The van der Waals surface area contributed by atoms with Crippen molar-refractivity contribution in [2.75, 3.05) is 30.2 Å². The van der Waals surface area contributed by atoms with Gasteiger partial charge in [0.05, 0.1) is 18.9 Å². The van der Waals surface area contributed by atoms with E-state index >= 15 is 0 Å². The predicted molar refractivity (Wildman–Crippen MR) is 147 cm³/mol. The Labute approximate surface area is 224 Å². The van der Waals surface area contributed by atoms with Gasteiger partial charge in [0, 0.05) is 22.8 Å². The minimum atomic E-state index is -0.322. The molecule has 0 aliphatic carbocycles. The number of carbonyl (C=O) groups is 2. The third kappa shape index (κ3) is 7.18. The number of nitrogens with one attached hydrogen (secondary N) is 2. The summed E-state index contributed by atoms with van der Waals surface area (Å²) in [5.74, 6) is 2.00. The van der Waals surface area contributed by atoms with Crippen LogP contribution in [0.25, 0.3) is 0 Å². The van der Waals surface area contributed by atoms with Crippen molar-refractivity contribution in [1.29, 1.82) is 0 Å². The Bertz CT molecular complexity index is 1190. The highest BCUT2D eigenvalue weighted by Crippen LogP contribution is 2.26. The minimum absolute atomic E-state index is 0.163. The molecule has 11 heteroatoms. The van der Waals surface area contributed by atoms with Gasteiger partial charge in [-0.1, -0.05) is 29.4 Å². The van der Waals surface area contributed by atoms with Crippen LogP contribution in [0.4, 0.5) is 5.69 Å². The highest BCUT2D eigenvalue weighted by Gasteiger charge is 2.23. The lowest BCUT2D eigenvalue weighted by atomic mass is 10.1. The number of benzene rings is 2. The largest absolute Gasteiger partial charge is 0.497 e. The van der Waals surface area contributed by atoms with Crippen molar-refractivity contribution in [3.63, 3.8) is 0 Å². The van der Waals surface area contributed by atoms with E-state index in [4.69, 9.17) is 16.3 Å². The molecule has 0 bridgehead atoms. The van der Waals surface area contributed by atoms with Crippen LogP contribution in [0, 0.1) is 6.92 Å². The number of carbonyl (C=O) groups excluding carboxylic acids is 2. The molecule has 3 aromatic rings. The number of anilines is 1. The van der Waals surface area contributed by atoms with E-state index in [-0.39, 0.29) is 23.6 Å². The molecule has 36 heavy (non-hydrogen) atoms. The summed E-state index contributed by atoms with van der Waals surface area (Å²) in [5, 5.41) is 16.0. The molecule has 3 rings (SSSR count). The van der Waals surface area contributed by atoms with Crippen molar-refractivity contribution >= 4 is 52.6 Å². The van der Waals surface area contributed by atoms with E-state index in [0.29, 0.717) is 46.0 Å². The number of rotatable bonds is 12. The van der Waals surface area contributed by atoms with E-state index in [1.54, 1.807) is 55.3 Å². The lowest BCUT2D eigenvalue weighted by molar-refractivity contribution is -0.113. The molecule has 0 saturated heterocycles. The van der Waals surface area contributed by atoms with Gasteiger partial charge in [0.2, 0.25) is 5.91 Å². The molecule has 2 aromatic carbocycles. The molecule has 0 unspecified atom stereocenters. The molecule has 1 heterocycles. The number of methoxy groups -OCH3 is 1. The zero-order valence-corrected chi connectivity index (χ0v) is 23.1. The second kappa shape index (κ2) is 13.6. The first-order valence-corrected chi connectivity index (χ1v) is 14.2. The first-order valence-electron chi connectivity index (χ1n) is 11.4. The van der Waals surface area contributed by atoms with Gasteiger partial charge in [-0.15, -0.1) is 10.2 Å². The monoisotopic (exact) mass is 547 g/mol. The highest BCUT2D eigenvalue weighted by molar-refractivity contribution is 7.99.